The summed E-state index contributed by atoms with van der Waals surface area (Å²) in [6.45, 7) is 0.328. The molecule has 0 atom stereocenters. The van der Waals surface area contributed by atoms with Crippen LogP contribution in [-0.2, 0) is 19.1 Å². The molecule has 0 saturated carbocycles. The molecular weight excluding hydrogens is 338 g/mol. The summed E-state index contributed by atoms with van der Waals surface area (Å²) in [5.41, 5.74) is 0.211. The Labute approximate surface area is 144 Å². The highest BCUT2D eigenvalue weighted by atomic mass is 35.5. The van der Waals surface area contributed by atoms with Crippen molar-refractivity contribution in [3.8, 4) is 5.75 Å². The number of hydrogen-bond acceptors (Lipinski definition) is 7. The average Bonchev–Trinajstić information content (AvgIpc) is 2.81. The summed E-state index contributed by atoms with van der Waals surface area (Å²) >= 11 is 5.59. The number of benzene rings is 1. The highest BCUT2D eigenvalue weighted by molar-refractivity contribution is 6.32. The predicted octanol–water partition coefficient (Wildman–Crippen LogP) is 1.23. The fourth-order valence-electron chi connectivity index (χ4n) is 2.24. The lowest BCUT2D eigenvalue weighted by atomic mass is 10.0. The van der Waals surface area contributed by atoms with Crippen molar-refractivity contribution in [2.45, 2.75) is 12.2 Å². The van der Waals surface area contributed by atoms with Crippen LogP contribution in [0.1, 0.15) is 16.8 Å². The Bertz CT molecular complexity index is 629. The van der Waals surface area contributed by atoms with Crippen LogP contribution >= 0.6 is 11.6 Å². The van der Waals surface area contributed by atoms with Gasteiger partial charge in [0.25, 0.3) is 0 Å². The van der Waals surface area contributed by atoms with E-state index in [-0.39, 0.29) is 12.1 Å². The third kappa shape index (κ3) is 4.04. The molecule has 0 bridgehead atoms. The number of alkyl halides is 1. The molecule has 8 heteroatoms. The number of carbonyl (C=O) groups excluding carboxylic acids is 3. The van der Waals surface area contributed by atoms with Crippen molar-refractivity contribution in [2.75, 3.05) is 33.1 Å². The van der Waals surface area contributed by atoms with Crippen LogP contribution < -0.4 is 4.74 Å². The number of nitrogens with zero attached hydrogens (tertiary/aromatic N) is 1. The van der Waals surface area contributed by atoms with Crippen molar-refractivity contribution in [2.24, 2.45) is 0 Å². The van der Waals surface area contributed by atoms with Gasteiger partial charge in [0.2, 0.25) is 5.78 Å². The minimum atomic E-state index is -1.98. The van der Waals surface area contributed by atoms with Gasteiger partial charge in [-0.25, -0.2) is 9.59 Å². The molecule has 0 spiro atoms. The molecule has 1 aliphatic heterocycles. The van der Waals surface area contributed by atoms with E-state index in [4.69, 9.17) is 25.8 Å². The fourth-order valence-corrected chi connectivity index (χ4v) is 2.35. The predicted molar refractivity (Wildman–Crippen MR) is 85.1 cm³/mol. The van der Waals surface area contributed by atoms with Gasteiger partial charge in [0.15, 0.2) is 0 Å². The van der Waals surface area contributed by atoms with Crippen molar-refractivity contribution in [1.29, 1.82) is 0 Å². The molecule has 1 saturated heterocycles. The summed E-state index contributed by atoms with van der Waals surface area (Å²) < 4.78 is 15.4. The molecule has 1 aromatic rings. The van der Waals surface area contributed by atoms with Crippen molar-refractivity contribution in [3.63, 3.8) is 0 Å². The molecule has 0 radical (unpaired) electrons. The zero-order valence-electron chi connectivity index (χ0n) is 13.4. The summed E-state index contributed by atoms with van der Waals surface area (Å²) in [7, 11) is 3.33. The maximum atomic E-state index is 12.8. The molecule has 24 heavy (non-hydrogen) atoms. The largest absolute Gasteiger partial charge is 0.494 e. The quantitative estimate of drug-likeness (QED) is 0.228. The van der Waals surface area contributed by atoms with E-state index in [0.29, 0.717) is 24.7 Å². The lowest BCUT2D eigenvalue weighted by Gasteiger charge is -2.27. The van der Waals surface area contributed by atoms with Crippen molar-refractivity contribution in [1.82, 2.24) is 4.90 Å². The zero-order valence-corrected chi connectivity index (χ0v) is 14.2. The minimum absolute atomic E-state index is 0.0827. The number of carbonyl (C=O) groups is 3. The maximum Gasteiger partial charge on any atom is 0.421 e. The smallest absolute Gasteiger partial charge is 0.421 e. The summed E-state index contributed by atoms with van der Waals surface area (Å²) in [5, 5.41) is 0. The first-order chi connectivity index (χ1) is 11.4. The molecule has 0 N–H and O–H groups in total. The molecule has 0 aromatic heterocycles. The van der Waals surface area contributed by atoms with Crippen LogP contribution in [0.15, 0.2) is 24.3 Å². The molecule has 1 heterocycles. The highest BCUT2D eigenvalue weighted by Gasteiger charge is 2.55. The van der Waals surface area contributed by atoms with E-state index < -0.39 is 23.5 Å². The van der Waals surface area contributed by atoms with Crippen LogP contribution in [0.3, 0.4) is 0 Å². The van der Waals surface area contributed by atoms with E-state index in [1.165, 1.54) is 12.1 Å². The minimum Gasteiger partial charge on any atom is -0.494 e. The Hall–Kier alpha value is -2.12. The van der Waals surface area contributed by atoms with Gasteiger partial charge in [-0.15, -0.1) is 11.6 Å². The lowest BCUT2D eigenvalue weighted by molar-refractivity contribution is -0.163. The number of likely N-dealkylation sites (N-methyl/N-ethyl adjacent to an activating group) is 1. The van der Waals surface area contributed by atoms with Crippen LogP contribution in [0.4, 0.5) is 0 Å². The van der Waals surface area contributed by atoms with Crippen molar-refractivity contribution < 1.29 is 28.6 Å². The Morgan fingerprint density at radius 2 is 1.92 bits per heavy atom. The molecule has 7 nitrogen and oxygen atoms in total. The topological polar surface area (TPSA) is 82.1 Å². The number of Topliss-reactive ketones (excluding diaryl/α,β-unsaturated/α-hetero) is 1. The van der Waals surface area contributed by atoms with Gasteiger partial charge in [-0.05, 0) is 32.6 Å². The standard InChI is InChI=1S/C16H18ClNO6/c1-18(2)10-16(23-14(20)15(21)24-16)13(19)11-5-3-6-12(9-11)22-8-4-7-17/h3,5-6,9H,4,7-8,10H2,1-2H3. The average molecular weight is 356 g/mol. The van der Waals surface area contributed by atoms with E-state index in [1.54, 1.807) is 31.1 Å². The van der Waals surface area contributed by atoms with Gasteiger partial charge in [0.05, 0.1) is 13.2 Å². The molecule has 1 fully saturated rings. The van der Waals surface area contributed by atoms with Gasteiger partial charge < -0.3 is 19.1 Å². The molecular formula is C16H18ClNO6. The van der Waals surface area contributed by atoms with Gasteiger partial charge >= 0.3 is 17.7 Å². The fraction of sp³-hybridized carbons (Fsp3) is 0.438. The third-order valence-corrected chi connectivity index (χ3v) is 3.46. The number of rotatable bonds is 8. The summed E-state index contributed by atoms with van der Waals surface area (Å²) in [5.74, 6) is -4.03. The molecule has 130 valence electrons. The summed E-state index contributed by atoms with van der Waals surface area (Å²) in [6.07, 6.45) is 0.666. The Kier molecular flexibility index (Phi) is 5.80. The van der Waals surface area contributed by atoms with Crippen LogP contribution in [0.25, 0.3) is 0 Å². The van der Waals surface area contributed by atoms with E-state index in [9.17, 15) is 14.4 Å². The Morgan fingerprint density at radius 1 is 1.25 bits per heavy atom. The van der Waals surface area contributed by atoms with Crippen LogP contribution in [0, 0.1) is 0 Å². The molecule has 1 aliphatic rings. The third-order valence-electron chi connectivity index (χ3n) is 3.20. The second-order valence-corrected chi connectivity index (χ2v) is 5.90. The molecule has 2 rings (SSSR count). The van der Waals surface area contributed by atoms with Gasteiger partial charge in [-0.2, -0.15) is 0 Å². The van der Waals surface area contributed by atoms with Gasteiger partial charge in [-0.3, -0.25) is 4.79 Å². The Morgan fingerprint density at radius 3 is 2.50 bits per heavy atom. The van der Waals surface area contributed by atoms with E-state index >= 15 is 0 Å². The molecule has 0 aliphatic carbocycles. The summed E-state index contributed by atoms with van der Waals surface area (Å²) in [4.78, 5) is 37.3. The number of esters is 2. The van der Waals surface area contributed by atoms with Gasteiger partial charge in [-0.1, -0.05) is 12.1 Å². The monoisotopic (exact) mass is 355 g/mol. The zero-order chi connectivity index (χ0) is 17.7. The van der Waals surface area contributed by atoms with Crippen LogP contribution in [-0.4, -0.2) is 61.5 Å². The molecule has 0 unspecified atom stereocenters. The van der Waals surface area contributed by atoms with Crippen LogP contribution in [0.5, 0.6) is 5.75 Å². The normalized spacial score (nSPS) is 16.0. The second-order valence-electron chi connectivity index (χ2n) is 5.52. The van der Waals surface area contributed by atoms with Crippen LogP contribution in [0.2, 0.25) is 0 Å². The number of ketones is 1. The SMILES string of the molecule is CN(C)CC1(C(=O)c2cccc(OCCCCl)c2)OC(=O)C(=O)O1. The molecule has 1 aromatic carbocycles. The van der Waals surface area contributed by atoms with E-state index in [2.05, 4.69) is 0 Å². The number of ether oxygens (including phenoxy) is 3. The molecule has 0 amide bonds. The van der Waals surface area contributed by atoms with E-state index in [0.717, 1.165) is 0 Å². The van der Waals surface area contributed by atoms with Crippen molar-refractivity contribution >= 4 is 29.3 Å². The van der Waals surface area contributed by atoms with Gasteiger partial charge in [0.1, 0.15) is 5.75 Å². The first-order valence-corrected chi connectivity index (χ1v) is 7.86. The number of cyclic esters (lactones) is 2. The first kappa shape index (κ1) is 18.2. The lowest BCUT2D eigenvalue weighted by Crippen LogP contribution is -2.48. The van der Waals surface area contributed by atoms with E-state index in [1.807, 2.05) is 0 Å². The Balaban J connectivity index is 2.25. The number of hydrogen-bond donors (Lipinski definition) is 0. The maximum absolute atomic E-state index is 12.8. The van der Waals surface area contributed by atoms with Crippen molar-refractivity contribution in [3.05, 3.63) is 29.8 Å². The second kappa shape index (κ2) is 7.63. The summed E-state index contributed by atoms with van der Waals surface area (Å²) in [6, 6.07) is 6.36. The first-order valence-electron chi connectivity index (χ1n) is 7.32. The highest BCUT2D eigenvalue weighted by Crippen LogP contribution is 2.28. The number of halogens is 1. The van der Waals surface area contributed by atoms with Gasteiger partial charge in [0, 0.05) is 11.4 Å².